The van der Waals surface area contributed by atoms with E-state index in [1.54, 1.807) is 19.1 Å². The second-order valence-electron chi connectivity index (χ2n) is 4.11. The van der Waals surface area contributed by atoms with Gasteiger partial charge in [0, 0.05) is 11.4 Å². The maximum atomic E-state index is 13.5. The van der Waals surface area contributed by atoms with Gasteiger partial charge in [0.2, 0.25) is 0 Å². The number of halogens is 1. The standard InChI is InChI=1S/C13H13FN2O2S/c1-9-8-10(6-7-12(9)15)16-19(17,18)13-5-3-2-4-11(13)14/h2-8,16H,15H2,1H3. The second-order valence-corrected chi connectivity index (χ2v) is 5.76. The highest BCUT2D eigenvalue weighted by Gasteiger charge is 2.18. The van der Waals surface area contributed by atoms with E-state index in [4.69, 9.17) is 5.73 Å². The van der Waals surface area contributed by atoms with Crippen LogP contribution in [0.1, 0.15) is 5.56 Å². The van der Waals surface area contributed by atoms with Crippen LogP contribution in [-0.2, 0) is 10.0 Å². The Bertz CT molecular complexity index is 714. The zero-order valence-corrected chi connectivity index (χ0v) is 11.0. The number of aryl methyl sites for hydroxylation is 1. The molecule has 4 nitrogen and oxygen atoms in total. The van der Waals surface area contributed by atoms with Gasteiger partial charge in [-0.2, -0.15) is 0 Å². The summed E-state index contributed by atoms with van der Waals surface area (Å²) in [4.78, 5) is -0.385. The summed E-state index contributed by atoms with van der Waals surface area (Å²) in [6.45, 7) is 1.76. The van der Waals surface area contributed by atoms with Crippen LogP contribution in [0.5, 0.6) is 0 Å². The molecule has 0 amide bonds. The van der Waals surface area contributed by atoms with E-state index in [0.717, 1.165) is 11.6 Å². The molecule has 2 aromatic carbocycles. The third-order valence-corrected chi connectivity index (χ3v) is 4.06. The maximum Gasteiger partial charge on any atom is 0.264 e. The summed E-state index contributed by atoms with van der Waals surface area (Å²) in [5.41, 5.74) is 7.30. The van der Waals surface area contributed by atoms with Crippen molar-refractivity contribution >= 4 is 21.4 Å². The van der Waals surface area contributed by atoms with Crippen LogP contribution in [0.3, 0.4) is 0 Å². The SMILES string of the molecule is Cc1cc(NS(=O)(=O)c2ccccc2F)ccc1N. The molecule has 0 saturated heterocycles. The Hall–Kier alpha value is -2.08. The molecule has 0 unspecified atom stereocenters. The molecule has 0 aromatic heterocycles. The van der Waals surface area contributed by atoms with Gasteiger partial charge in [0.15, 0.2) is 0 Å². The average Bonchev–Trinajstić information content (AvgIpc) is 2.34. The molecule has 0 spiro atoms. The van der Waals surface area contributed by atoms with Gasteiger partial charge in [-0.1, -0.05) is 12.1 Å². The van der Waals surface area contributed by atoms with Crippen molar-refractivity contribution in [3.8, 4) is 0 Å². The zero-order chi connectivity index (χ0) is 14.0. The number of anilines is 2. The first-order chi connectivity index (χ1) is 8.90. The molecule has 0 aliphatic heterocycles. The van der Waals surface area contributed by atoms with E-state index in [2.05, 4.69) is 4.72 Å². The van der Waals surface area contributed by atoms with Crippen molar-refractivity contribution in [2.24, 2.45) is 0 Å². The number of rotatable bonds is 3. The van der Waals surface area contributed by atoms with E-state index in [0.29, 0.717) is 11.4 Å². The number of nitrogen functional groups attached to an aromatic ring is 1. The summed E-state index contributed by atoms with van der Waals surface area (Å²) in [7, 11) is -3.94. The zero-order valence-electron chi connectivity index (χ0n) is 10.2. The topological polar surface area (TPSA) is 72.2 Å². The summed E-state index contributed by atoms with van der Waals surface area (Å²) in [6.07, 6.45) is 0. The van der Waals surface area contributed by atoms with Crippen molar-refractivity contribution in [1.29, 1.82) is 0 Å². The summed E-state index contributed by atoms with van der Waals surface area (Å²) < 4.78 is 39.9. The molecule has 0 fully saturated rings. The highest BCUT2D eigenvalue weighted by molar-refractivity contribution is 7.92. The van der Waals surface area contributed by atoms with Crippen molar-refractivity contribution in [3.63, 3.8) is 0 Å². The van der Waals surface area contributed by atoms with Crippen LogP contribution in [0.2, 0.25) is 0 Å². The van der Waals surface area contributed by atoms with Crippen molar-refractivity contribution in [2.75, 3.05) is 10.5 Å². The van der Waals surface area contributed by atoms with E-state index in [9.17, 15) is 12.8 Å². The van der Waals surface area contributed by atoms with Gasteiger partial charge in [-0.25, -0.2) is 12.8 Å². The molecule has 100 valence electrons. The van der Waals surface area contributed by atoms with Crippen LogP contribution in [0.25, 0.3) is 0 Å². The molecule has 0 aliphatic rings. The van der Waals surface area contributed by atoms with E-state index in [1.807, 2.05) is 0 Å². The highest BCUT2D eigenvalue weighted by Crippen LogP contribution is 2.21. The predicted molar refractivity (Wildman–Crippen MR) is 72.8 cm³/mol. The fourth-order valence-corrected chi connectivity index (χ4v) is 2.74. The monoisotopic (exact) mass is 280 g/mol. The lowest BCUT2D eigenvalue weighted by Crippen LogP contribution is -2.14. The fraction of sp³-hybridized carbons (Fsp3) is 0.0769. The van der Waals surface area contributed by atoms with Gasteiger partial charge < -0.3 is 5.73 Å². The van der Waals surface area contributed by atoms with Crippen LogP contribution in [0.15, 0.2) is 47.4 Å². The van der Waals surface area contributed by atoms with E-state index in [-0.39, 0.29) is 4.90 Å². The lowest BCUT2D eigenvalue weighted by atomic mass is 10.2. The normalized spacial score (nSPS) is 11.3. The quantitative estimate of drug-likeness (QED) is 0.848. The third-order valence-electron chi connectivity index (χ3n) is 2.65. The van der Waals surface area contributed by atoms with Gasteiger partial charge in [0.25, 0.3) is 10.0 Å². The Labute approximate surface area is 111 Å². The lowest BCUT2D eigenvalue weighted by molar-refractivity contribution is 0.570. The first-order valence-electron chi connectivity index (χ1n) is 5.53. The number of sulfonamides is 1. The number of hydrogen-bond acceptors (Lipinski definition) is 3. The van der Waals surface area contributed by atoms with Crippen LogP contribution in [0.4, 0.5) is 15.8 Å². The molecule has 6 heteroatoms. The van der Waals surface area contributed by atoms with E-state index >= 15 is 0 Å². The number of benzene rings is 2. The van der Waals surface area contributed by atoms with E-state index < -0.39 is 15.8 Å². The molecule has 0 saturated carbocycles. The number of nitrogens with two attached hydrogens (primary N) is 1. The fourth-order valence-electron chi connectivity index (χ4n) is 1.61. The third kappa shape index (κ3) is 2.85. The van der Waals surface area contributed by atoms with Crippen molar-refractivity contribution in [2.45, 2.75) is 11.8 Å². The van der Waals surface area contributed by atoms with Gasteiger partial charge in [-0.3, -0.25) is 4.72 Å². The molecule has 0 aliphatic carbocycles. The molecule has 0 bridgehead atoms. The van der Waals surface area contributed by atoms with Crippen LogP contribution < -0.4 is 10.5 Å². The van der Waals surface area contributed by atoms with E-state index in [1.165, 1.54) is 24.3 Å². The maximum absolute atomic E-state index is 13.5. The molecule has 2 rings (SSSR count). The first kappa shape index (κ1) is 13.4. The second kappa shape index (κ2) is 4.89. The van der Waals surface area contributed by atoms with Gasteiger partial charge in [0.05, 0.1) is 0 Å². The smallest absolute Gasteiger partial charge is 0.264 e. The van der Waals surface area contributed by atoms with Crippen molar-refractivity contribution < 1.29 is 12.8 Å². The molecule has 0 heterocycles. The largest absolute Gasteiger partial charge is 0.399 e. The Morgan fingerprint density at radius 1 is 1.16 bits per heavy atom. The Morgan fingerprint density at radius 2 is 1.84 bits per heavy atom. The van der Waals surface area contributed by atoms with Crippen LogP contribution >= 0.6 is 0 Å². The van der Waals surface area contributed by atoms with Crippen LogP contribution in [-0.4, -0.2) is 8.42 Å². The number of hydrogen-bond donors (Lipinski definition) is 2. The molecule has 2 aromatic rings. The first-order valence-corrected chi connectivity index (χ1v) is 7.02. The molecular weight excluding hydrogens is 267 g/mol. The van der Waals surface area contributed by atoms with Crippen molar-refractivity contribution in [1.82, 2.24) is 0 Å². The minimum atomic E-state index is -3.94. The Balaban J connectivity index is 2.37. The Kier molecular flexibility index (Phi) is 3.44. The Morgan fingerprint density at radius 3 is 2.47 bits per heavy atom. The minimum absolute atomic E-state index is 0.343. The summed E-state index contributed by atoms with van der Waals surface area (Å²) in [5.74, 6) is -0.790. The predicted octanol–water partition coefficient (Wildman–Crippen LogP) is 2.52. The minimum Gasteiger partial charge on any atom is -0.399 e. The average molecular weight is 280 g/mol. The van der Waals surface area contributed by atoms with Crippen LogP contribution in [0, 0.1) is 12.7 Å². The van der Waals surface area contributed by atoms with Gasteiger partial charge in [-0.05, 0) is 42.8 Å². The van der Waals surface area contributed by atoms with Gasteiger partial charge >= 0.3 is 0 Å². The van der Waals surface area contributed by atoms with Crippen molar-refractivity contribution in [3.05, 3.63) is 53.8 Å². The van der Waals surface area contributed by atoms with Gasteiger partial charge in [-0.15, -0.1) is 0 Å². The molecule has 3 N–H and O–H groups in total. The highest BCUT2D eigenvalue weighted by atomic mass is 32.2. The summed E-state index contributed by atoms with van der Waals surface area (Å²) in [6, 6.07) is 9.92. The molecule has 19 heavy (non-hydrogen) atoms. The number of nitrogens with one attached hydrogen (secondary N) is 1. The summed E-state index contributed by atoms with van der Waals surface area (Å²) >= 11 is 0. The van der Waals surface area contributed by atoms with Gasteiger partial charge in [0.1, 0.15) is 10.7 Å². The lowest BCUT2D eigenvalue weighted by Gasteiger charge is -2.10. The molecular formula is C13H13FN2O2S. The molecule has 0 atom stereocenters. The summed E-state index contributed by atoms with van der Waals surface area (Å²) in [5, 5.41) is 0. The molecule has 0 radical (unpaired) electrons.